The summed E-state index contributed by atoms with van der Waals surface area (Å²) >= 11 is 0. The summed E-state index contributed by atoms with van der Waals surface area (Å²) in [5.74, 6) is 1.08. The standard InChI is InChI=1S/C17H17N3O4/c1-2-16(22)24-15-9-11(23-8-7-21)3-4-12(15)17-19-13-5-6-18-10-14(13)20-17/h3-6,9-10,21H,2,7-8H2,1H3,(H,19,20). The summed E-state index contributed by atoms with van der Waals surface area (Å²) < 4.78 is 10.8. The highest BCUT2D eigenvalue weighted by Crippen LogP contribution is 2.33. The molecule has 3 aromatic rings. The summed E-state index contributed by atoms with van der Waals surface area (Å²) in [7, 11) is 0. The summed E-state index contributed by atoms with van der Waals surface area (Å²) in [4.78, 5) is 23.4. The Bertz CT molecular complexity index is 827. The van der Waals surface area contributed by atoms with Crippen LogP contribution in [0.5, 0.6) is 11.5 Å². The maximum Gasteiger partial charge on any atom is 0.310 e. The first-order valence-corrected chi connectivity index (χ1v) is 7.59. The fraction of sp³-hybridized carbons (Fsp3) is 0.235. The molecule has 0 fully saturated rings. The van der Waals surface area contributed by atoms with Crippen LogP contribution in [0.4, 0.5) is 0 Å². The third-order valence-electron chi connectivity index (χ3n) is 3.36. The molecule has 7 nitrogen and oxygen atoms in total. The van der Waals surface area contributed by atoms with Gasteiger partial charge in [-0.1, -0.05) is 6.92 Å². The van der Waals surface area contributed by atoms with Gasteiger partial charge in [0, 0.05) is 18.7 Å². The average Bonchev–Trinajstić information content (AvgIpc) is 3.03. The van der Waals surface area contributed by atoms with Crippen LogP contribution < -0.4 is 9.47 Å². The molecule has 0 atom stereocenters. The van der Waals surface area contributed by atoms with Crippen molar-refractivity contribution >= 4 is 17.0 Å². The van der Waals surface area contributed by atoms with Crippen LogP contribution in [-0.4, -0.2) is 39.2 Å². The van der Waals surface area contributed by atoms with E-state index < -0.39 is 0 Å². The molecule has 2 aromatic heterocycles. The zero-order chi connectivity index (χ0) is 16.9. The molecule has 0 unspecified atom stereocenters. The SMILES string of the molecule is CCC(=O)Oc1cc(OCCO)ccc1-c1nc2ccncc2[nH]1. The second-order valence-electron chi connectivity index (χ2n) is 5.04. The van der Waals surface area contributed by atoms with Gasteiger partial charge in [-0.3, -0.25) is 9.78 Å². The van der Waals surface area contributed by atoms with Crippen LogP contribution in [0.1, 0.15) is 13.3 Å². The number of nitrogens with one attached hydrogen (secondary N) is 1. The number of nitrogens with zero attached hydrogens (tertiary/aromatic N) is 2. The van der Waals surface area contributed by atoms with Gasteiger partial charge in [-0.25, -0.2) is 4.98 Å². The number of imidazole rings is 1. The molecule has 2 N–H and O–H groups in total. The topological polar surface area (TPSA) is 97.3 Å². The third kappa shape index (κ3) is 3.36. The monoisotopic (exact) mass is 327 g/mol. The lowest BCUT2D eigenvalue weighted by Gasteiger charge is -2.11. The number of hydrogen-bond donors (Lipinski definition) is 2. The second-order valence-corrected chi connectivity index (χ2v) is 5.04. The van der Waals surface area contributed by atoms with Crippen molar-refractivity contribution in [1.82, 2.24) is 15.0 Å². The third-order valence-corrected chi connectivity index (χ3v) is 3.36. The minimum atomic E-state index is -0.353. The Morgan fingerprint density at radius 2 is 2.21 bits per heavy atom. The van der Waals surface area contributed by atoms with E-state index in [9.17, 15) is 4.79 Å². The summed E-state index contributed by atoms with van der Waals surface area (Å²) in [6.07, 6.45) is 3.60. The lowest BCUT2D eigenvalue weighted by molar-refractivity contribution is -0.133. The number of ether oxygens (including phenoxy) is 2. The van der Waals surface area contributed by atoms with Gasteiger partial charge >= 0.3 is 5.97 Å². The van der Waals surface area contributed by atoms with E-state index in [1.54, 1.807) is 43.6 Å². The molecular formula is C17H17N3O4. The van der Waals surface area contributed by atoms with Gasteiger partial charge in [-0.15, -0.1) is 0 Å². The number of H-pyrrole nitrogens is 1. The summed E-state index contributed by atoms with van der Waals surface area (Å²) in [5.41, 5.74) is 2.21. The molecule has 24 heavy (non-hydrogen) atoms. The van der Waals surface area contributed by atoms with Crippen molar-refractivity contribution in [3.63, 3.8) is 0 Å². The molecule has 0 bridgehead atoms. The maximum absolute atomic E-state index is 11.7. The first kappa shape index (κ1) is 15.9. The van der Waals surface area contributed by atoms with Crippen LogP contribution in [0.3, 0.4) is 0 Å². The predicted octanol–water partition coefficient (Wildman–Crippen LogP) is 2.31. The highest BCUT2D eigenvalue weighted by molar-refractivity contribution is 5.81. The van der Waals surface area contributed by atoms with Crippen molar-refractivity contribution in [3.05, 3.63) is 36.7 Å². The summed E-state index contributed by atoms with van der Waals surface area (Å²) in [5, 5.41) is 8.86. The molecule has 2 heterocycles. The zero-order valence-electron chi connectivity index (χ0n) is 13.2. The quantitative estimate of drug-likeness (QED) is 0.532. The molecule has 3 rings (SSSR count). The van der Waals surface area contributed by atoms with Crippen LogP contribution in [0.2, 0.25) is 0 Å². The fourth-order valence-electron chi connectivity index (χ4n) is 2.22. The average molecular weight is 327 g/mol. The maximum atomic E-state index is 11.7. The Kier molecular flexibility index (Phi) is 4.72. The van der Waals surface area contributed by atoms with E-state index in [0.29, 0.717) is 22.9 Å². The Balaban J connectivity index is 2.02. The van der Waals surface area contributed by atoms with Crippen molar-refractivity contribution in [2.75, 3.05) is 13.2 Å². The van der Waals surface area contributed by atoms with Gasteiger partial charge in [0.1, 0.15) is 23.9 Å². The van der Waals surface area contributed by atoms with E-state index in [1.165, 1.54) is 0 Å². The number of aliphatic hydroxyl groups excluding tert-OH is 1. The number of hydrogen-bond acceptors (Lipinski definition) is 6. The first-order chi connectivity index (χ1) is 11.7. The molecule has 1 aromatic carbocycles. The molecule has 0 aliphatic carbocycles. The highest BCUT2D eigenvalue weighted by Gasteiger charge is 2.15. The smallest absolute Gasteiger partial charge is 0.310 e. The first-order valence-electron chi connectivity index (χ1n) is 7.59. The van der Waals surface area contributed by atoms with Crippen molar-refractivity contribution in [3.8, 4) is 22.9 Å². The molecule has 0 radical (unpaired) electrons. The zero-order valence-corrected chi connectivity index (χ0v) is 13.2. The molecule has 0 saturated heterocycles. The molecule has 0 aliphatic rings. The normalized spacial score (nSPS) is 10.8. The van der Waals surface area contributed by atoms with Crippen LogP contribution in [0.25, 0.3) is 22.4 Å². The highest BCUT2D eigenvalue weighted by atomic mass is 16.5. The number of esters is 1. The van der Waals surface area contributed by atoms with Crippen molar-refractivity contribution < 1.29 is 19.4 Å². The molecule has 0 amide bonds. The van der Waals surface area contributed by atoms with Crippen LogP contribution in [-0.2, 0) is 4.79 Å². The molecule has 0 spiro atoms. The van der Waals surface area contributed by atoms with Gasteiger partial charge in [-0.05, 0) is 18.2 Å². The van der Waals surface area contributed by atoms with E-state index in [1.807, 2.05) is 0 Å². The van der Waals surface area contributed by atoms with Gasteiger partial charge in [0.15, 0.2) is 0 Å². The lowest BCUT2D eigenvalue weighted by atomic mass is 10.2. The minimum absolute atomic E-state index is 0.0948. The van der Waals surface area contributed by atoms with Crippen molar-refractivity contribution in [2.45, 2.75) is 13.3 Å². The number of carbonyl (C=O) groups excluding carboxylic acids is 1. The molecule has 124 valence electrons. The van der Waals surface area contributed by atoms with Gasteiger partial charge in [-0.2, -0.15) is 0 Å². The number of aromatic amines is 1. The van der Waals surface area contributed by atoms with Crippen molar-refractivity contribution in [1.29, 1.82) is 0 Å². The van der Waals surface area contributed by atoms with Gasteiger partial charge in [0.25, 0.3) is 0 Å². The molecule has 0 aliphatic heterocycles. The number of benzene rings is 1. The number of fused-ring (bicyclic) bond motifs is 1. The van der Waals surface area contributed by atoms with Crippen LogP contribution in [0, 0.1) is 0 Å². The Labute approximate surface area is 138 Å². The number of carbonyl (C=O) groups is 1. The van der Waals surface area contributed by atoms with Crippen molar-refractivity contribution in [2.24, 2.45) is 0 Å². The van der Waals surface area contributed by atoms with E-state index >= 15 is 0 Å². The van der Waals surface area contributed by atoms with Gasteiger partial charge < -0.3 is 19.6 Å². The number of aromatic nitrogens is 3. The fourth-order valence-corrected chi connectivity index (χ4v) is 2.22. The van der Waals surface area contributed by atoms with E-state index in [4.69, 9.17) is 14.6 Å². The van der Waals surface area contributed by atoms with E-state index in [0.717, 1.165) is 11.0 Å². The Morgan fingerprint density at radius 3 is 2.96 bits per heavy atom. The Morgan fingerprint density at radius 1 is 1.33 bits per heavy atom. The largest absolute Gasteiger partial charge is 0.491 e. The Hall–Kier alpha value is -2.93. The number of rotatable bonds is 6. The second kappa shape index (κ2) is 7.10. The number of aliphatic hydroxyl groups is 1. The number of pyridine rings is 1. The summed E-state index contributed by atoms with van der Waals surface area (Å²) in [6.45, 7) is 1.79. The molecule has 7 heteroatoms. The van der Waals surface area contributed by atoms with Gasteiger partial charge in [0.05, 0.1) is 29.4 Å². The van der Waals surface area contributed by atoms with Crippen LogP contribution >= 0.6 is 0 Å². The molecular weight excluding hydrogens is 310 g/mol. The van der Waals surface area contributed by atoms with E-state index in [2.05, 4.69) is 15.0 Å². The minimum Gasteiger partial charge on any atom is -0.491 e. The van der Waals surface area contributed by atoms with E-state index in [-0.39, 0.29) is 25.6 Å². The lowest BCUT2D eigenvalue weighted by Crippen LogP contribution is -2.07. The molecule has 0 saturated carbocycles. The predicted molar refractivity (Wildman–Crippen MR) is 87.8 cm³/mol. The summed E-state index contributed by atoms with van der Waals surface area (Å²) in [6, 6.07) is 6.91. The van der Waals surface area contributed by atoms with Gasteiger partial charge in [0.2, 0.25) is 0 Å². The van der Waals surface area contributed by atoms with Crippen LogP contribution in [0.15, 0.2) is 36.7 Å².